The van der Waals surface area contributed by atoms with E-state index in [9.17, 15) is 23.7 Å². The summed E-state index contributed by atoms with van der Waals surface area (Å²) in [6, 6.07) is 4.25. The standard InChI is InChI=1S/C12H16BrNO7S/c13-6-1-3-7(4-2-6)22(19,20)14-9-11(17)10(16)8(5-15)21-12(9)18/h1-4,8-12,14-18H,5H2/t8-,9-,10-,11-,12?/m1/s1. The van der Waals surface area contributed by atoms with E-state index in [1.54, 1.807) is 0 Å². The minimum absolute atomic E-state index is 0.0751. The van der Waals surface area contributed by atoms with E-state index in [1.165, 1.54) is 24.3 Å². The van der Waals surface area contributed by atoms with Gasteiger partial charge in [0.15, 0.2) is 6.29 Å². The van der Waals surface area contributed by atoms with Gasteiger partial charge in [-0.15, -0.1) is 0 Å². The predicted molar refractivity (Wildman–Crippen MR) is 78.2 cm³/mol. The molecule has 0 saturated carbocycles. The average molecular weight is 398 g/mol. The molecule has 0 bridgehead atoms. The lowest BCUT2D eigenvalue weighted by Crippen LogP contribution is -2.64. The van der Waals surface area contributed by atoms with Crippen LogP contribution in [-0.4, -0.2) is 66.1 Å². The molecule has 1 aliphatic rings. The van der Waals surface area contributed by atoms with E-state index < -0.39 is 47.3 Å². The average Bonchev–Trinajstić information content (AvgIpc) is 2.48. The number of aliphatic hydroxyl groups is 4. The fourth-order valence-corrected chi connectivity index (χ4v) is 3.59. The van der Waals surface area contributed by atoms with Crippen molar-refractivity contribution in [1.29, 1.82) is 0 Å². The van der Waals surface area contributed by atoms with Crippen LogP contribution in [0.15, 0.2) is 33.6 Å². The molecule has 2 rings (SSSR count). The van der Waals surface area contributed by atoms with Gasteiger partial charge in [-0.3, -0.25) is 0 Å². The van der Waals surface area contributed by atoms with Crippen LogP contribution in [-0.2, 0) is 14.8 Å². The summed E-state index contributed by atoms with van der Waals surface area (Å²) in [5, 5.41) is 38.4. The van der Waals surface area contributed by atoms with Crippen LogP contribution in [0.1, 0.15) is 0 Å². The Morgan fingerprint density at radius 2 is 1.73 bits per heavy atom. The highest BCUT2D eigenvalue weighted by molar-refractivity contribution is 9.10. The SMILES string of the molecule is O=S(=O)(N[C@H]1C(O)O[C@H](CO)[C@@H](O)[C@@H]1O)c1ccc(Br)cc1. The third-order valence-electron chi connectivity index (χ3n) is 3.32. The molecule has 10 heteroatoms. The Morgan fingerprint density at radius 3 is 2.27 bits per heavy atom. The maximum atomic E-state index is 12.2. The van der Waals surface area contributed by atoms with Crippen LogP contribution >= 0.6 is 15.9 Å². The number of halogens is 1. The van der Waals surface area contributed by atoms with Crippen LogP contribution < -0.4 is 4.72 Å². The molecule has 0 amide bonds. The first-order chi connectivity index (χ1) is 10.3. The van der Waals surface area contributed by atoms with Gasteiger partial charge < -0.3 is 25.2 Å². The van der Waals surface area contributed by atoms with Gasteiger partial charge in [0.2, 0.25) is 10.0 Å². The van der Waals surface area contributed by atoms with Crippen molar-refractivity contribution >= 4 is 26.0 Å². The molecule has 5 atom stereocenters. The highest BCUT2D eigenvalue weighted by atomic mass is 79.9. The number of rotatable bonds is 4. The smallest absolute Gasteiger partial charge is 0.241 e. The lowest BCUT2D eigenvalue weighted by atomic mass is 9.98. The monoisotopic (exact) mass is 397 g/mol. The molecule has 1 aromatic carbocycles. The summed E-state index contributed by atoms with van der Waals surface area (Å²) < 4.78 is 32.1. The molecule has 0 spiro atoms. The molecular weight excluding hydrogens is 382 g/mol. The molecule has 1 aliphatic heterocycles. The largest absolute Gasteiger partial charge is 0.394 e. The van der Waals surface area contributed by atoms with E-state index in [0.717, 1.165) is 0 Å². The van der Waals surface area contributed by atoms with Gasteiger partial charge >= 0.3 is 0 Å². The Hall–Kier alpha value is -0.590. The quantitative estimate of drug-likeness (QED) is 0.418. The van der Waals surface area contributed by atoms with Crippen LogP contribution in [0.3, 0.4) is 0 Å². The van der Waals surface area contributed by atoms with Crippen LogP contribution in [0.5, 0.6) is 0 Å². The number of hydrogen-bond donors (Lipinski definition) is 5. The summed E-state index contributed by atoms with van der Waals surface area (Å²) in [5.74, 6) is 0. The first-order valence-corrected chi connectivity index (χ1v) is 8.62. The minimum Gasteiger partial charge on any atom is -0.394 e. The maximum Gasteiger partial charge on any atom is 0.241 e. The van der Waals surface area contributed by atoms with Gasteiger partial charge in [0.05, 0.1) is 11.5 Å². The summed E-state index contributed by atoms with van der Waals surface area (Å²) in [7, 11) is -4.03. The molecular formula is C12H16BrNO7S. The Labute approximate surface area is 135 Å². The highest BCUT2D eigenvalue weighted by Gasteiger charge is 2.45. The third kappa shape index (κ3) is 3.66. The lowest BCUT2D eigenvalue weighted by Gasteiger charge is -2.40. The van der Waals surface area contributed by atoms with Crippen molar-refractivity contribution in [2.75, 3.05) is 6.61 Å². The highest BCUT2D eigenvalue weighted by Crippen LogP contribution is 2.22. The van der Waals surface area contributed by atoms with Crippen molar-refractivity contribution in [3.8, 4) is 0 Å². The third-order valence-corrected chi connectivity index (χ3v) is 5.32. The zero-order valence-electron chi connectivity index (χ0n) is 11.2. The van der Waals surface area contributed by atoms with Crippen molar-refractivity contribution in [2.24, 2.45) is 0 Å². The van der Waals surface area contributed by atoms with Crippen molar-refractivity contribution in [3.05, 3.63) is 28.7 Å². The minimum atomic E-state index is -4.03. The van der Waals surface area contributed by atoms with Gasteiger partial charge in [0.25, 0.3) is 0 Å². The van der Waals surface area contributed by atoms with Crippen molar-refractivity contribution < 1.29 is 33.6 Å². The van der Waals surface area contributed by atoms with Gasteiger partial charge in [0.1, 0.15) is 24.4 Å². The van der Waals surface area contributed by atoms with Gasteiger partial charge in [-0.1, -0.05) is 15.9 Å². The van der Waals surface area contributed by atoms with Gasteiger partial charge in [-0.25, -0.2) is 13.1 Å². The number of ether oxygens (including phenoxy) is 1. The Balaban J connectivity index is 2.20. The molecule has 1 unspecified atom stereocenters. The maximum absolute atomic E-state index is 12.2. The summed E-state index contributed by atoms with van der Waals surface area (Å²) in [4.78, 5) is -0.0751. The van der Waals surface area contributed by atoms with Crippen molar-refractivity contribution in [2.45, 2.75) is 35.5 Å². The van der Waals surface area contributed by atoms with Crippen LogP contribution in [0, 0.1) is 0 Å². The van der Waals surface area contributed by atoms with Gasteiger partial charge in [-0.2, -0.15) is 0 Å². The second kappa shape index (κ2) is 6.89. The Morgan fingerprint density at radius 1 is 1.14 bits per heavy atom. The lowest BCUT2D eigenvalue weighted by molar-refractivity contribution is -0.251. The summed E-state index contributed by atoms with van der Waals surface area (Å²) in [6.07, 6.45) is -6.07. The van der Waals surface area contributed by atoms with E-state index in [-0.39, 0.29) is 4.90 Å². The second-order valence-corrected chi connectivity index (χ2v) is 7.46. The Bertz CT molecular complexity index is 608. The van der Waals surface area contributed by atoms with E-state index in [1.807, 2.05) is 0 Å². The molecule has 1 aromatic rings. The van der Waals surface area contributed by atoms with Crippen molar-refractivity contribution in [3.63, 3.8) is 0 Å². The zero-order valence-corrected chi connectivity index (χ0v) is 13.6. The van der Waals surface area contributed by atoms with E-state index in [2.05, 4.69) is 20.7 Å². The zero-order chi connectivity index (χ0) is 16.5. The van der Waals surface area contributed by atoms with Crippen LogP contribution in [0.25, 0.3) is 0 Å². The summed E-state index contributed by atoms with van der Waals surface area (Å²) in [6.45, 7) is -0.624. The molecule has 1 saturated heterocycles. The molecule has 1 heterocycles. The molecule has 1 fully saturated rings. The fourth-order valence-electron chi connectivity index (χ4n) is 2.09. The van der Waals surface area contributed by atoms with Crippen LogP contribution in [0.4, 0.5) is 0 Å². The molecule has 124 valence electrons. The van der Waals surface area contributed by atoms with Gasteiger partial charge in [0, 0.05) is 4.47 Å². The summed E-state index contributed by atoms with van der Waals surface area (Å²) in [5.41, 5.74) is 0. The van der Waals surface area contributed by atoms with E-state index >= 15 is 0 Å². The van der Waals surface area contributed by atoms with E-state index in [4.69, 9.17) is 9.84 Å². The fraction of sp³-hybridized carbons (Fsp3) is 0.500. The molecule has 22 heavy (non-hydrogen) atoms. The number of hydrogen-bond acceptors (Lipinski definition) is 7. The van der Waals surface area contributed by atoms with Crippen LogP contribution in [0.2, 0.25) is 0 Å². The predicted octanol–water partition coefficient (Wildman–Crippen LogP) is -1.47. The first-order valence-electron chi connectivity index (χ1n) is 6.34. The van der Waals surface area contributed by atoms with Gasteiger partial charge in [-0.05, 0) is 24.3 Å². The molecule has 5 N–H and O–H groups in total. The number of benzene rings is 1. The topological polar surface area (TPSA) is 136 Å². The van der Waals surface area contributed by atoms with E-state index in [0.29, 0.717) is 4.47 Å². The molecule has 0 aliphatic carbocycles. The number of aliphatic hydroxyl groups excluding tert-OH is 4. The first kappa shape index (κ1) is 17.8. The molecule has 0 radical (unpaired) electrons. The molecule has 8 nitrogen and oxygen atoms in total. The second-order valence-electron chi connectivity index (χ2n) is 4.83. The summed E-state index contributed by atoms with van der Waals surface area (Å²) >= 11 is 3.18. The van der Waals surface area contributed by atoms with Crippen molar-refractivity contribution in [1.82, 2.24) is 4.72 Å². The number of nitrogens with one attached hydrogen (secondary N) is 1. The molecule has 0 aromatic heterocycles. The normalized spacial score (nSPS) is 32.9. The Kier molecular flexibility index (Phi) is 5.56. The number of sulfonamides is 1.